The van der Waals surface area contributed by atoms with E-state index in [1.807, 2.05) is 36.4 Å². The van der Waals surface area contributed by atoms with Crippen LogP contribution in [0.3, 0.4) is 0 Å². The zero-order chi connectivity index (χ0) is 23.6. The Hall–Kier alpha value is -3.11. The van der Waals surface area contributed by atoms with Crippen molar-refractivity contribution >= 4 is 6.47 Å². The van der Waals surface area contributed by atoms with Gasteiger partial charge in [0.1, 0.15) is 18.1 Å². The molecule has 4 nitrogen and oxygen atoms in total. The molecule has 0 heterocycles. The van der Waals surface area contributed by atoms with Crippen LogP contribution in [0.15, 0.2) is 78.9 Å². The van der Waals surface area contributed by atoms with Crippen molar-refractivity contribution < 1.29 is 14.3 Å². The molecule has 0 aliphatic carbocycles. The van der Waals surface area contributed by atoms with Crippen LogP contribution in [0.2, 0.25) is 0 Å². The van der Waals surface area contributed by atoms with Crippen LogP contribution in [0.4, 0.5) is 0 Å². The van der Waals surface area contributed by atoms with Crippen LogP contribution in [-0.2, 0) is 11.4 Å². The third kappa shape index (κ3) is 6.93. The minimum Gasteiger partial charge on any atom is -0.489 e. The van der Waals surface area contributed by atoms with Gasteiger partial charge in [0.15, 0.2) is 0 Å². The molecule has 3 aromatic carbocycles. The molecule has 0 saturated heterocycles. The van der Waals surface area contributed by atoms with Crippen molar-refractivity contribution in [1.29, 1.82) is 0 Å². The number of ether oxygens (including phenoxy) is 2. The summed E-state index contributed by atoms with van der Waals surface area (Å²) in [5, 5.41) is 0. The summed E-state index contributed by atoms with van der Waals surface area (Å²) in [7, 11) is 0. The van der Waals surface area contributed by atoms with Gasteiger partial charge in [-0.2, -0.15) is 0 Å². The molecule has 0 aliphatic rings. The summed E-state index contributed by atoms with van der Waals surface area (Å²) in [5.74, 6) is 1.44. The normalized spacial score (nSPS) is 12.2. The third-order valence-electron chi connectivity index (χ3n) is 5.98. The van der Waals surface area contributed by atoms with E-state index in [4.69, 9.17) is 9.47 Å². The second kappa shape index (κ2) is 12.2. The maximum Gasteiger partial charge on any atom is 0.298 e. The molecule has 3 rings (SSSR count). The largest absolute Gasteiger partial charge is 0.489 e. The van der Waals surface area contributed by atoms with Gasteiger partial charge in [-0.15, -0.1) is 0 Å². The zero-order valence-corrected chi connectivity index (χ0v) is 20.1. The highest BCUT2D eigenvalue weighted by atomic mass is 16.5. The maximum atomic E-state index is 11.0. The molecule has 0 saturated carbocycles. The molecule has 174 valence electrons. The van der Waals surface area contributed by atoms with Gasteiger partial charge in [0.05, 0.1) is 0 Å². The van der Waals surface area contributed by atoms with E-state index < -0.39 is 0 Å². The van der Waals surface area contributed by atoms with Crippen LogP contribution in [0.5, 0.6) is 11.5 Å². The lowest BCUT2D eigenvalue weighted by Gasteiger charge is -2.32. The van der Waals surface area contributed by atoms with Crippen molar-refractivity contribution in [3.8, 4) is 11.5 Å². The Labute approximate surface area is 198 Å². The van der Waals surface area contributed by atoms with Crippen LogP contribution >= 0.6 is 0 Å². The van der Waals surface area contributed by atoms with Gasteiger partial charge in [-0.05, 0) is 70.0 Å². The van der Waals surface area contributed by atoms with Crippen molar-refractivity contribution in [3.63, 3.8) is 0 Å². The molecular formula is C29H35NO3. The Bertz CT molecular complexity index is 978. The first-order valence-corrected chi connectivity index (χ1v) is 11.7. The number of nitrogens with zero attached hydrogens (tertiary/aromatic N) is 1. The lowest BCUT2D eigenvalue weighted by Crippen LogP contribution is -2.38. The van der Waals surface area contributed by atoms with Crippen LogP contribution < -0.4 is 9.47 Å². The summed E-state index contributed by atoms with van der Waals surface area (Å²) in [5.41, 5.74) is 3.36. The van der Waals surface area contributed by atoms with E-state index >= 15 is 0 Å². The van der Waals surface area contributed by atoms with E-state index in [1.54, 1.807) is 6.07 Å². The summed E-state index contributed by atoms with van der Waals surface area (Å²) < 4.78 is 11.5. The van der Waals surface area contributed by atoms with Gasteiger partial charge in [-0.3, -0.25) is 9.69 Å². The molecule has 0 unspecified atom stereocenters. The number of benzene rings is 3. The first-order chi connectivity index (χ1) is 16.0. The highest BCUT2D eigenvalue weighted by Gasteiger charge is 2.23. The minimum atomic E-state index is 0.104. The second-order valence-corrected chi connectivity index (χ2v) is 8.87. The molecule has 0 aliphatic heterocycles. The lowest BCUT2D eigenvalue weighted by atomic mass is 9.87. The molecule has 4 heteroatoms. The van der Waals surface area contributed by atoms with Crippen LogP contribution in [0.25, 0.3) is 0 Å². The minimum absolute atomic E-state index is 0.104. The quantitative estimate of drug-likeness (QED) is 0.301. The molecule has 0 spiro atoms. The van der Waals surface area contributed by atoms with E-state index in [9.17, 15) is 4.79 Å². The predicted molar refractivity (Wildman–Crippen MR) is 134 cm³/mol. The van der Waals surface area contributed by atoms with E-state index in [0.29, 0.717) is 30.9 Å². The van der Waals surface area contributed by atoms with E-state index in [2.05, 4.69) is 69.0 Å². The number of hydrogen-bond donors (Lipinski definition) is 0. The topological polar surface area (TPSA) is 38.8 Å². The Balaban J connectivity index is 1.97. The van der Waals surface area contributed by atoms with Gasteiger partial charge in [0.2, 0.25) is 0 Å². The summed E-state index contributed by atoms with van der Waals surface area (Å²) >= 11 is 0. The number of carbonyl (C=O) groups is 1. The van der Waals surface area contributed by atoms with E-state index in [-0.39, 0.29) is 5.92 Å². The van der Waals surface area contributed by atoms with Gasteiger partial charge in [-0.1, -0.05) is 60.7 Å². The smallest absolute Gasteiger partial charge is 0.298 e. The van der Waals surface area contributed by atoms with Crippen molar-refractivity contribution in [2.45, 2.75) is 58.7 Å². The highest BCUT2D eigenvalue weighted by molar-refractivity contribution is 5.51. The van der Waals surface area contributed by atoms with Gasteiger partial charge >= 0.3 is 0 Å². The standard InChI is InChI=1S/C29H35NO3/c1-22(2)30(23(3)4)18-17-27(25-13-9-6-10-14-25)28-19-26(33-21-31)15-16-29(28)32-20-24-11-7-5-8-12-24/h5-16,19,21-23,27H,17-18,20H2,1-4H3/t27-/m1/s1. The Morgan fingerprint density at radius 1 is 0.848 bits per heavy atom. The molecule has 0 amide bonds. The summed E-state index contributed by atoms with van der Waals surface area (Å²) in [6, 6.07) is 27.2. The van der Waals surface area contributed by atoms with E-state index in [1.165, 1.54) is 5.56 Å². The predicted octanol–water partition coefficient (Wildman–Crippen LogP) is 6.44. The Morgan fingerprint density at radius 2 is 1.48 bits per heavy atom. The van der Waals surface area contributed by atoms with E-state index in [0.717, 1.165) is 29.8 Å². The molecule has 33 heavy (non-hydrogen) atoms. The Morgan fingerprint density at radius 3 is 2.09 bits per heavy atom. The fourth-order valence-corrected chi connectivity index (χ4v) is 4.37. The van der Waals surface area contributed by atoms with Crippen molar-refractivity contribution in [1.82, 2.24) is 4.90 Å². The van der Waals surface area contributed by atoms with Crippen LogP contribution in [-0.4, -0.2) is 30.0 Å². The highest BCUT2D eigenvalue weighted by Crippen LogP contribution is 2.37. The first-order valence-electron chi connectivity index (χ1n) is 11.7. The molecule has 1 atom stereocenters. The SMILES string of the molecule is CC(C)N(CC[C@H](c1ccccc1)c1cc(OC=O)ccc1OCc1ccccc1)C(C)C. The fourth-order valence-electron chi connectivity index (χ4n) is 4.37. The van der Waals surface area contributed by atoms with Gasteiger partial charge in [-0.25, -0.2) is 0 Å². The number of rotatable bonds is 12. The van der Waals surface area contributed by atoms with Crippen molar-refractivity contribution in [3.05, 3.63) is 95.6 Å². The first kappa shape index (κ1) is 24.5. The number of hydrogen-bond acceptors (Lipinski definition) is 4. The van der Waals surface area contributed by atoms with Gasteiger partial charge < -0.3 is 9.47 Å². The lowest BCUT2D eigenvalue weighted by molar-refractivity contribution is -0.120. The monoisotopic (exact) mass is 445 g/mol. The van der Waals surface area contributed by atoms with Crippen LogP contribution in [0.1, 0.15) is 56.7 Å². The molecule has 0 N–H and O–H groups in total. The molecule has 0 bridgehead atoms. The average Bonchev–Trinajstić information content (AvgIpc) is 2.82. The zero-order valence-electron chi connectivity index (χ0n) is 20.1. The van der Waals surface area contributed by atoms with Crippen LogP contribution in [0, 0.1) is 0 Å². The molecule has 0 fully saturated rings. The van der Waals surface area contributed by atoms with Crippen molar-refractivity contribution in [2.24, 2.45) is 0 Å². The third-order valence-corrected chi connectivity index (χ3v) is 5.98. The Kier molecular flexibility index (Phi) is 9.08. The molecule has 3 aromatic rings. The van der Waals surface area contributed by atoms with Crippen molar-refractivity contribution in [2.75, 3.05) is 6.54 Å². The fraction of sp³-hybridized carbons (Fsp3) is 0.345. The molecular weight excluding hydrogens is 410 g/mol. The summed E-state index contributed by atoms with van der Waals surface area (Å²) in [4.78, 5) is 13.5. The number of carbonyl (C=O) groups excluding carboxylic acids is 1. The molecule has 0 aromatic heterocycles. The van der Waals surface area contributed by atoms with Gasteiger partial charge in [0.25, 0.3) is 6.47 Å². The second-order valence-electron chi connectivity index (χ2n) is 8.87. The summed E-state index contributed by atoms with van der Waals surface area (Å²) in [6.07, 6.45) is 0.923. The van der Waals surface area contributed by atoms with Gasteiger partial charge in [0, 0.05) is 23.6 Å². The maximum absolute atomic E-state index is 11.0. The molecule has 0 radical (unpaired) electrons. The summed E-state index contributed by atoms with van der Waals surface area (Å²) in [6.45, 7) is 10.9. The average molecular weight is 446 g/mol.